The molecule has 1 aromatic carbocycles. The fourth-order valence-electron chi connectivity index (χ4n) is 1.92. The Morgan fingerprint density at radius 2 is 2.24 bits per heavy atom. The van der Waals surface area contributed by atoms with Gasteiger partial charge in [-0.2, -0.15) is 0 Å². The Hall–Kier alpha value is -2.34. The Kier molecular flexibility index (Phi) is 6.42. The van der Waals surface area contributed by atoms with Crippen LogP contribution in [0.5, 0.6) is 0 Å². The van der Waals surface area contributed by atoms with Gasteiger partial charge in [-0.25, -0.2) is 9.38 Å². The lowest BCUT2D eigenvalue weighted by molar-refractivity contribution is 0.627. The maximum atomic E-state index is 13.5. The van der Waals surface area contributed by atoms with E-state index in [0.29, 0.717) is 6.54 Å². The normalized spacial score (nSPS) is 11.5. The van der Waals surface area contributed by atoms with Crippen LogP contribution in [0.3, 0.4) is 0 Å². The van der Waals surface area contributed by atoms with Crippen molar-refractivity contribution in [3.63, 3.8) is 0 Å². The second-order valence-electron chi connectivity index (χ2n) is 4.80. The number of aryl methyl sites for hydroxylation is 1. The van der Waals surface area contributed by atoms with Gasteiger partial charge < -0.3 is 4.90 Å². The maximum absolute atomic E-state index is 13.5. The van der Waals surface area contributed by atoms with Crippen LogP contribution >= 0.6 is 0 Å². The zero-order valence-electron chi connectivity index (χ0n) is 12.9. The molecule has 1 aromatic rings. The molecule has 0 saturated heterocycles. The molecule has 0 amide bonds. The lowest BCUT2D eigenvalue weighted by atomic mass is 10.1. The van der Waals surface area contributed by atoms with Gasteiger partial charge in [-0.1, -0.05) is 32.1 Å². The van der Waals surface area contributed by atoms with Crippen molar-refractivity contribution in [2.75, 3.05) is 11.4 Å². The van der Waals surface area contributed by atoms with Crippen LogP contribution in [0, 0.1) is 25.2 Å². The van der Waals surface area contributed by atoms with Crippen molar-refractivity contribution < 1.29 is 4.39 Å². The van der Waals surface area contributed by atoms with Gasteiger partial charge in [0.2, 0.25) is 0 Å². The van der Waals surface area contributed by atoms with E-state index in [1.807, 2.05) is 37.8 Å². The van der Waals surface area contributed by atoms with Gasteiger partial charge in [-0.15, -0.1) is 0 Å². The Balaban J connectivity index is 3.16. The average molecular weight is 284 g/mol. The third kappa shape index (κ3) is 4.92. The van der Waals surface area contributed by atoms with Gasteiger partial charge in [0.15, 0.2) is 0 Å². The highest BCUT2D eigenvalue weighted by Gasteiger charge is 2.13. The van der Waals surface area contributed by atoms with E-state index >= 15 is 0 Å². The molecule has 110 valence electrons. The van der Waals surface area contributed by atoms with E-state index in [-0.39, 0.29) is 5.82 Å². The molecule has 0 unspecified atom stereocenters. The molecule has 0 aromatic heterocycles. The molecule has 0 fully saturated rings. The third-order valence-electron chi connectivity index (χ3n) is 3.00. The summed E-state index contributed by atoms with van der Waals surface area (Å²) in [6.45, 7) is 10.3. The summed E-state index contributed by atoms with van der Waals surface area (Å²) < 4.78 is 13.5. The van der Waals surface area contributed by atoms with Crippen molar-refractivity contribution in [2.24, 2.45) is 4.99 Å². The highest BCUT2D eigenvalue weighted by atomic mass is 19.1. The van der Waals surface area contributed by atoms with Gasteiger partial charge >= 0.3 is 0 Å². The van der Waals surface area contributed by atoms with Gasteiger partial charge in [0.05, 0.1) is 12.3 Å². The number of anilines is 1. The number of hydrogen-bond donors (Lipinski definition) is 0. The first-order chi connectivity index (χ1) is 9.99. The highest BCUT2D eigenvalue weighted by Crippen LogP contribution is 2.24. The van der Waals surface area contributed by atoms with Crippen molar-refractivity contribution in [2.45, 2.75) is 27.2 Å². The highest BCUT2D eigenvalue weighted by molar-refractivity contribution is 5.99. The van der Waals surface area contributed by atoms with Crippen molar-refractivity contribution in [3.8, 4) is 12.5 Å². The monoisotopic (exact) mass is 284 g/mol. The molecular weight excluding hydrogens is 263 g/mol. The molecular formula is C18H21FN2. The van der Waals surface area contributed by atoms with Crippen LogP contribution in [0.15, 0.2) is 47.6 Å². The second kappa shape index (κ2) is 8.06. The molecule has 0 spiro atoms. The van der Waals surface area contributed by atoms with E-state index in [1.165, 1.54) is 12.1 Å². The number of nitrogens with zero attached hydrogens (tertiary/aromatic N) is 2. The van der Waals surface area contributed by atoms with Gasteiger partial charge in [-0.05, 0) is 44.0 Å². The summed E-state index contributed by atoms with van der Waals surface area (Å²) in [4.78, 5) is 5.95. The zero-order valence-corrected chi connectivity index (χ0v) is 12.9. The topological polar surface area (TPSA) is 15.6 Å². The minimum absolute atomic E-state index is 0.276. The van der Waals surface area contributed by atoms with E-state index in [9.17, 15) is 4.39 Å². The molecule has 0 bridgehead atoms. The molecule has 21 heavy (non-hydrogen) atoms. The van der Waals surface area contributed by atoms with Gasteiger partial charge in [0, 0.05) is 17.4 Å². The molecule has 3 heteroatoms. The summed E-state index contributed by atoms with van der Waals surface area (Å²) in [7, 11) is 0. The van der Waals surface area contributed by atoms with E-state index in [4.69, 9.17) is 6.42 Å². The molecule has 0 aliphatic carbocycles. The number of halogens is 1. The van der Waals surface area contributed by atoms with Crippen molar-refractivity contribution >= 4 is 11.4 Å². The molecule has 0 atom stereocenters. The fourth-order valence-corrected chi connectivity index (χ4v) is 1.92. The molecule has 0 radical (unpaired) electrons. The Bertz CT molecular complexity index is 606. The molecule has 0 saturated carbocycles. The Morgan fingerprint density at radius 1 is 1.52 bits per heavy atom. The largest absolute Gasteiger partial charge is 0.340 e. The SMILES string of the molecule is C#C/N=C(\C=C/CC)CN(C(=C)C)c1cc(F)ccc1C. The first-order valence-electron chi connectivity index (χ1n) is 6.87. The standard InChI is InChI=1S/C18H21FN2/c1-6-8-9-17(20-7-2)13-21(14(3)4)18-12-16(19)11-10-15(18)5/h2,8-12H,3,6,13H2,1,4-5H3/b9-8-,20-17+. The summed E-state index contributed by atoms with van der Waals surface area (Å²) in [5, 5.41) is 0. The van der Waals surface area contributed by atoms with Gasteiger partial charge in [-0.3, -0.25) is 0 Å². The lowest BCUT2D eigenvalue weighted by Crippen LogP contribution is -2.27. The molecule has 0 aliphatic rings. The average Bonchev–Trinajstić information content (AvgIpc) is 2.44. The Morgan fingerprint density at radius 3 is 2.81 bits per heavy atom. The van der Waals surface area contributed by atoms with Crippen LogP contribution in [0.25, 0.3) is 0 Å². The molecule has 1 rings (SSSR count). The second-order valence-corrected chi connectivity index (χ2v) is 4.80. The predicted molar refractivity (Wildman–Crippen MR) is 89.0 cm³/mol. The number of hydrogen-bond acceptors (Lipinski definition) is 2. The molecule has 0 heterocycles. The maximum Gasteiger partial charge on any atom is 0.125 e. The summed E-state index contributed by atoms with van der Waals surface area (Å²) >= 11 is 0. The summed E-state index contributed by atoms with van der Waals surface area (Å²) in [6, 6.07) is 7.00. The number of terminal acetylenes is 1. The minimum atomic E-state index is -0.276. The quantitative estimate of drug-likeness (QED) is 0.556. The summed E-state index contributed by atoms with van der Waals surface area (Å²) in [5.74, 6) is -0.276. The van der Waals surface area contributed by atoms with Gasteiger partial charge in [0.25, 0.3) is 0 Å². The van der Waals surface area contributed by atoms with Crippen LogP contribution in [0.2, 0.25) is 0 Å². The van der Waals surface area contributed by atoms with Crippen molar-refractivity contribution in [3.05, 3.63) is 54.0 Å². The molecule has 0 N–H and O–H groups in total. The molecule has 2 nitrogen and oxygen atoms in total. The van der Waals surface area contributed by atoms with Crippen molar-refractivity contribution in [1.82, 2.24) is 0 Å². The van der Waals surface area contributed by atoms with Crippen LogP contribution in [0.1, 0.15) is 25.8 Å². The first kappa shape index (κ1) is 16.7. The number of rotatable bonds is 6. The third-order valence-corrected chi connectivity index (χ3v) is 3.00. The minimum Gasteiger partial charge on any atom is -0.340 e. The number of allylic oxidation sites excluding steroid dienone is 2. The smallest absolute Gasteiger partial charge is 0.125 e. The lowest BCUT2D eigenvalue weighted by Gasteiger charge is -2.26. The van der Waals surface area contributed by atoms with E-state index in [0.717, 1.165) is 29.1 Å². The van der Waals surface area contributed by atoms with E-state index < -0.39 is 0 Å². The predicted octanol–water partition coefficient (Wildman–Crippen LogP) is 4.47. The fraction of sp³-hybridized carbons (Fsp3) is 0.278. The van der Waals surface area contributed by atoms with Crippen LogP contribution in [0.4, 0.5) is 10.1 Å². The van der Waals surface area contributed by atoms with E-state index in [1.54, 1.807) is 6.07 Å². The number of benzene rings is 1. The summed E-state index contributed by atoms with van der Waals surface area (Å²) in [6.07, 6.45) is 10.1. The summed E-state index contributed by atoms with van der Waals surface area (Å²) in [5.41, 5.74) is 3.29. The van der Waals surface area contributed by atoms with Gasteiger partial charge in [0.1, 0.15) is 5.82 Å². The van der Waals surface area contributed by atoms with Crippen LogP contribution in [-0.2, 0) is 0 Å². The van der Waals surface area contributed by atoms with Crippen LogP contribution < -0.4 is 4.90 Å². The van der Waals surface area contributed by atoms with Crippen molar-refractivity contribution in [1.29, 1.82) is 0 Å². The molecule has 0 aliphatic heterocycles. The zero-order chi connectivity index (χ0) is 15.8. The van der Waals surface area contributed by atoms with E-state index in [2.05, 4.69) is 17.6 Å². The Labute approximate surface area is 126 Å². The van der Waals surface area contributed by atoms with Crippen LogP contribution in [-0.4, -0.2) is 12.3 Å². The first-order valence-corrected chi connectivity index (χ1v) is 6.87. The number of aliphatic imine (C=N–C) groups is 1.